The maximum Gasteiger partial charge on any atom is 0.186 e. The molecule has 0 aliphatic rings. The van der Waals surface area contributed by atoms with Gasteiger partial charge in [0.05, 0.1) is 0 Å². The predicted molar refractivity (Wildman–Crippen MR) is 73.2 cm³/mol. The summed E-state index contributed by atoms with van der Waals surface area (Å²) in [6.07, 6.45) is 4.39. The molecule has 0 aliphatic carbocycles. The van der Waals surface area contributed by atoms with Crippen molar-refractivity contribution in [2.45, 2.75) is 20.3 Å². The smallest absolute Gasteiger partial charge is 0.186 e. The molecule has 1 aromatic rings. The van der Waals surface area contributed by atoms with Crippen molar-refractivity contribution in [3.8, 4) is 0 Å². The molecule has 17 heavy (non-hydrogen) atoms. The van der Waals surface area contributed by atoms with E-state index in [0.29, 0.717) is 12.2 Å². The van der Waals surface area contributed by atoms with Gasteiger partial charge in [0.1, 0.15) is 0 Å². The van der Waals surface area contributed by atoms with Crippen molar-refractivity contribution in [1.82, 2.24) is 0 Å². The largest absolute Gasteiger partial charge is 0.294 e. The van der Waals surface area contributed by atoms with Gasteiger partial charge in [-0.1, -0.05) is 49.0 Å². The lowest BCUT2D eigenvalue weighted by atomic mass is 10.1. The zero-order valence-electron chi connectivity index (χ0n) is 10.1. The molecule has 0 amide bonds. The third-order valence-corrected chi connectivity index (χ3v) is 2.99. The lowest BCUT2D eigenvalue weighted by Gasteiger charge is -1.99. The van der Waals surface area contributed by atoms with Crippen LogP contribution in [-0.4, -0.2) is 16.7 Å². The average molecular weight is 248 g/mol. The molecule has 2 nitrogen and oxygen atoms in total. The Morgan fingerprint density at radius 1 is 1.35 bits per heavy atom. The van der Waals surface area contributed by atoms with E-state index in [1.807, 2.05) is 43.3 Å². The summed E-state index contributed by atoms with van der Waals surface area (Å²) < 4.78 is 0. The maximum atomic E-state index is 11.5. The predicted octanol–water partition coefficient (Wildman–Crippen LogP) is 3.57. The first-order valence-electron chi connectivity index (χ1n) is 5.56. The summed E-state index contributed by atoms with van der Waals surface area (Å²) >= 11 is 1.27. The highest BCUT2D eigenvalue weighted by molar-refractivity contribution is 8.13. The number of hydrogen-bond acceptors (Lipinski definition) is 3. The fraction of sp³-hybridized carbons (Fsp3) is 0.286. The van der Waals surface area contributed by atoms with E-state index in [1.54, 1.807) is 6.92 Å². The Morgan fingerprint density at radius 3 is 2.76 bits per heavy atom. The molecule has 0 N–H and O–H groups in total. The van der Waals surface area contributed by atoms with E-state index in [2.05, 4.69) is 0 Å². The van der Waals surface area contributed by atoms with Crippen molar-refractivity contribution in [3.63, 3.8) is 0 Å². The molecule has 0 heterocycles. The minimum absolute atomic E-state index is 0.115. The number of Topliss-reactive ketones (excluding diaryl/α,β-unsaturated/α-hetero) is 1. The second-order valence-corrected chi connectivity index (χ2v) is 4.80. The molecule has 0 unspecified atom stereocenters. The molecular weight excluding hydrogens is 232 g/mol. The Balaban J connectivity index is 2.65. The van der Waals surface area contributed by atoms with Crippen LogP contribution in [0, 0.1) is 0 Å². The Kier molecular flexibility index (Phi) is 5.70. The first-order valence-corrected chi connectivity index (χ1v) is 6.55. The highest BCUT2D eigenvalue weighted by Gasteiger charge is 2.01. The molecule has 0 spiro atoms. The van der Waals surface area contributed by atoms with Gasteiger partial charge in [0.15, 0.2) is 10.9 Å². The summed E-state index contributed by atoms with van der Waals surface area (Å²) in [5.41, 5.74) is 1.74. The Bertz CT molecular complexity index is 436. The number of hydrogen-bond donors (Lipinski definition) is 0. The molecular formula is C14H16O2S. The molecule has 0 aliphatic heterocycles. The second kappa shape index (κ2) is 7.07. The van der Waals surface area contributed by atoms with Crippen LogP contribution in [0.3, 0.4) is 0 Å². The Labute approximate surface area is 106 Å². The lowest BCUT2D eigenvalue weighted by molar-refractivity contribution is -0.109. The first kappa shape index (κ1) is 13.7. The normalized spacial score (nSPS) is 10.7. The van der Waals surface area contributed by atoms with Crippen LogP contribution in [0.5, 0.6) is 0 Å². The Morgan fingerprint density at radius 2 is 2.12 bits per heavy atom. The molecule has 0 saturated heterocycles. The van der Waals surface area contributed by atoms with Gasteiger partial charge in [0.2, 0.25) is 0 Å². The van der Waals surface area contributed by atoms with E-state index in [4.69, 9.17) is 0 Å². The van der Waals surface area contributed by atoms with Crippen molar-refractivity contribution >= 4 is 28.7 Å². The summed E-state index contributed by atoms with van der Waals surface area (Å²) in [5.74, 6) is 0.819. The van der Waals surface area contributed by atoms with Crippen LogP contribution in [0.25, 0.3) is 6.08 Å². The molecule has 1 rings (SSSR count). The van der Waals surface area contributed by atoms with Crippen molar-refractivity contribution in [2.75, 3.05) is 5.75 Å². The summed E-state index contributed by atoms with van der Waals surface area (Å²) in [7, 11) is 0. The first-order chi connectivity index (χ1) is 8.13. The lowest BCUT2D eigenvalue weighted by Crippen LogP contribution is -1.95. The monoisotopic (exact) mass is 248 g/mol. The Hall–Kier alpha value is -1.35. The summed E-state index contributed by atoms with van der Waals surface area (Å²) in [5, 5.41) is 0.115. The van der Waals surface area contributed by atoms with E-state index in [1.165, 1.54) is 11.8 Å². The topological polar surface area (TPSA) is 34.1 Å². The average Bonchev–Trinajstić information content (AvgIpc) is 2.34. The van der Waals surface area contributed by atoms with E-state index in [-0.39, 0.29) is 10.9 Å². The van der Waals surface area contributed by atoms with Crippen LogP contribution in [0.15, 0.2) is 30.3 Å². The second-order valence-electron chi connectivity index (χ2n) is 3.61. The molecule has 1 aromatic carbocycles. The quantitative estimate of drug-likeness (QED) is 0.747. The SMILES string of the molecule is CCC(=O)c1cccc(C=CCSC(C)=O)c1. The van der Waals surface area contributed by atoms with Gasteiger partial charge < -0.3 is 0 Å². The van der Waals surface area contributed by atoms with Crippen LogP contribution < -0.4 is 0 Å². The standard InChI is InChI=1S/C14H16O2S/c1-3-14(16)13-8-4-6-12(10-13)7-5-9-17-11(2)15/h4-8,10H,3,9H2,1-2H3. The minimum Gasteiger partial charge on any atom is -0.294 e. The maximum absolute atomic E-state index is 11.5. The minimum atomic E-state index is 0.115. The fourth-order valence-electron chi connectivity index (χ4n) is 1.37. The van der Waals surface area contributed by atoms with E-state index < -0.39 is 0 Å². The van der Waals surface area contributed by atoms with Crippen molar-refractivity contribution in [3.05, 3.63) is 41.5 Å². The van der Waals surface area contributed by atoms with Crippen LogP contribution in [0.2, 0.25) is 0 Å². The van der Waals surface area contributed by atoms with Crippen LogP contribution in [0.4, 0.5) is 0 Å². The van der Waals surface area contributed by atoms with Gasteiger partial charge >= 0.3 is 0 Å². The third kappa shape index (κ3) is 5.00. The zero-order chi connectivity index (χ0) is 12.7. The van der Waals surface area contributed by atoms with Gasteiger partial charge in [0.25, 0.3) is 0 Å². The number of carbonyl (C=O) groups excluding carboxylic acids is 2. The fourth-order valence-corrected chi connectivity index (χ4v) is 1.80. The zero-order valence-corrected chi connectivity index (χ0v) is 10.9. The molecule has 0 saturated carbocycles. The van der Waals surface area contributed by atoms with Gasteiger partial charge in [-0.25, -0.2) is 0 Å². The van der Waals surface area contributed by atoms with E-state index >= 15 is 0 Å². The molecule has 0 atom stereocenters. The number of carbonyl (C=O) groups is 2. The molecule has 0 aromatic heterocycles. The van der Waals surface area contributed by atoms with Gasteiger partial charge in [-0.3, -0.25) is 9.59 Å². The number of ketones is 1. The van der Waals surface area contributed by atoms with Gasteiger partial charge in [-0.05, 0) is 11.6 Å². The van der Waals surface area contributed by atoms with Crippen LogP contribution in [-0.2, 0) is 4.79 Å². The van der Waals surface area contributed by atoms with Crippen LogP contribution >= 0.6 is 11.8 Å². The van der Waals surface area contributed by atoms with Crippen molar-refractivity contribution in [2.24, 2.45) is 0 Å². The summed E-state index contributed by atoms with van der Waals surface area (Å²) in [6, 6.07) is 7.52. The number of rotatable bonds is 5. The van der Waals surface area contributed by atoms with Gasteiger partial charge in [0, 0.05) is 24.7 Å². The molecule has 90 valence electrons. The summed E-state index contributed by atoms with van der Waals surface area (Å²) in [6.45, 7) is 3.41. The van der Waals surface area contributed by atoms with Crippen molar-refractivity contribution in [1.29, 1.82) is 0 Å². The number of benzene rings is 1. The third-order valence-electron chi connectivity index (χ3n) is 2.22. The highest BCUT2D eigenvalue weighted by Crippen LogP contribution is 2.10. The van der Waals surface area contributed by atoms with E-state index in [0.717, 1.165) is 11.1 Å². The highest BCUT2D eigenvalue weighted by atomic mass is 32.2. The molecule has 0 bridgehead atoms. The summed E-state index contributed by atoms with van der Waals surface area (Å²) in [4.78, 5) is 22.2. The van der Waals surface area contributed by atoms with Gasteiger partial charge in [-0.2, -0.15) is 0 Å². The van der Waals surface area contributed by atoms with Crippen molar-refractivity contribution < 1.29 is 9.59 Å². The van der Waals surface area contributed by atoms with E-state index in [9.17, 15) is 9.59 Å². The molecule has 3 heteroatoms. The van der Waals surface area contributed by atoms with Crippen LogP contribution in [0.1, 0.15) is 36.2 Å². The number of thioether (sulfide) groups is 1. The van der Waals surface area contributed by atoms with Gasteiger partial charge in [-0.15, -0.1) is 0 Å². The molecule has 0 fully saturated rings. The molecule has 0 radical (unpaired) electrons.